The van der Waals surface area contributed by atoms with Crippen molar-refractivity contribution in [2.24, 2.45) is 0 Å². The summed E-state index contributed by atoms with van der Waals surface area (Å²) in [6.45, 7) is 2.83. The van der Waals surface area contributed by atoms with Gasteiger partial charge in [0.05, 0.1) is 11.4 Å². The van der Waals surface area contributed by atoms with Crippen LogP contribution >= 0.6 is 11.6 Å². The molecule has 0 radical (unpaired) electrons. The molecule has 0 aliphatic rings. The van der Waals surface area contributed by atoms with Gasteiger partial charge < -0.3 is 16.4 Å². The monoisotopic (exact) mass is 269 g/mol. The number of rotatable bonds is 6. The molecule has 2 amide bonds. The van der Waals surface area contributed by atoms with Crippen LogP contribution in [-0.2, 0) is 0 Å². The number of nitrogens with one attached hydrogen (secondary N) is 2. The largest absolute Gasteiger partial charge is 0.397 e. The number of amides is 2. The zero-order valence-corrected chi connectivity index (χ0v) is 11.4. The number of carbonyl (C=O) groups is 1. The van der Waals surface area contributed by atoms with E-state index in [2.05, 4.69) is 17.6 Å². The Labute approximate surface area is 113 Å². The zero-order chi connectivity index (χ0) is 13.4. The number of urea groups is 1. The molecule has 5 heteroatoms. The average molecular weight is 270 g/mol. The van der Waals surface area contributed by atoms with Gasteiger partial charge in [0.2, 0.25) is 0 Å². The van der Waals surface area contributed by atoms with Crippen LogP contribution in [0.2, 0.25) is 5.02 Å². The third kappa shape index (κ3) is 5.27. The minimum absolute atomic E-state index is 0.250. The Kier molecular flexibility index (Phi) is 6.36. The van der Waals surface area contributed by atoms with Crippen molar-refractivity contribution in [3.8, 4) is 0 Å². The number of anilines is 2. The van der Waals surface area contributed by atoms with E-state index in [0.29, 0.717) is 22.9 Å². The molecule has 0 heterocycles. The van der Waals surface area contributed by atoms with E-state index in [1.807, 2.05) is 0 Å². The van der Waals surface area contributed by atoms with E-state index in [0.717, 1.165) is 12.8 Å². The quantitative estimate of drug-likeness (QED) is 0.545. The summed E-state index contributed by atoms with van der Waals surface area (Å²) in [5.74, 6) is 0. The second-order valence-electron chi connectivity index (χ2n) is 4.17. The van der Waals surface area contributed by atoms with Crippen LogP contribution in [0.25, 0.3) is 0 Å². The molecule has 0 aromatic heterocycles. The van der Waals surface area contributed by atoms with Gasteiger partial charge in [-0.2, -0.15) is 0 Å². The molecule has 0 saturated carbocycles. The second kappa shape index (κ2) is 7.82. The van der Waals surface area contributed by atoms with Crippen LogP contribution in [-0.4, -0.2) is 12.6 Å². The SMILES string of the molecule is CCCCCCNC(=O)Nc1cc(Cl)ccc1N. The first kappa shape index (κ1) is 14.6. The fourth-order valence-corrected chi connectivity index (χ4v) is 1.73. The Balaban J connectivity index is 2.33. The maximum Gasteiger partial charge on any atom is 0.319 e. The van der Waals surface area contributed by atoms with Gasteiger partial charge in [-0.1, -0.05) is 37.8 Å². The van der Waals surface area contributed by atoms with Crippen LogP contribution in [0.3, 0.4) is 0 Å². The van der Waals surface area contributed by atoms with Crippen LogP contribution in [0.15, 0.2) is 18.2 Å². The molecule has 1 aromatic rings. The first-order valence-corrected chi connectivity index (χ1v) is 6.61. The summed E-state index contributed by atoms with van der Waals surface area (Å²) in [6, 6.07) is 4.73. The van der Waals surface area contributed by atoms with Crippen molar-refractivity contribution in [2.45, 2.75) is 32.6 Å². The number of benzene rings is 1. The minimum Gasteiger partial charge on any atom is -0.397 e. The summed E-state index contributed by atoms with van der Waals surface area (Å²) in [7, 11) is 0. The predicted molar refractivity (Wildman–Crippen MR) is 77.0 cm³/mol. The molecular weight excluding hydrogens is 250 g/mol. The Morgan fingerprint density at radius 1 is 1.33 bits per heavy atom. The van der Waals surface area contributed by atoms with E-state index in [1.165, 1.54) is 12.8 Å². The van der Waals surface area contributed by atoms with Crippen molar-refractivity contribution in [1.82, 2.24) is 5.32 Å². The lowest BCUT2D eigenvalue weighted by molar-refractivity contribution is 0.252. The van der Waals surface area contributed by atoms with Crippen LogP contribution in [0.4, 0.5) is 16.2 Å². The molecule has 0 spiro atoms. The maximum atomic E-state index is 11.6. The fraction of sp³-hybridized carbons (Fsp3) is 0.462. The van der Waals surface area contributed by atoms with Crippen molar-refractivity contribution in [3.05, 3.63) is 23.2 Å². The fourth-order valence-electron chi connectivity index (χ4n) is 1.56. The second-order valence-corrected chi connectivity index (χ2v) is 4.61. The molecule has 0 saturated heterocycles. The van der Waals surface area contributed by atoms with Gasteiger partial charge in [-0.3, -0.25) is 0 Å². The minimum atomic E-state index is -0.250. The van der Waals surface area contributed by atoms with Crippen molar-refractivity contribution in [1.29, 1.82) is 0 Å². The van der Waals surface area contributed by atoms with E-state index in [9.17, 15) is 4.79 Å². The molecule has 18 heavy (non-hydrogen) atoms. The topological polar surface area (TPSA) is 67.2 Å². The molecule has 0 bridgehead atoms. The standard InChI is InChI=1S/C13H20ClN3O/c1-2-3-4-5-8-16-13(18)17-12-9-10(14)6-7-11(12)15/h6-7,9H,2-5,8,15H2,1H3,(H2,16,17,18). The molecule has 100 valence electrons. The Morgan fingerprint density at radius 2 is 2.11 bits per heavy atom. The number of hydrogen-bond donors (Lipinski definition) is 3. The molecule has 0 aliphatic carbocycles. The van der Waals surface area contributed by atoms with Gasteiger partial charge in [0, 0.05) is 11.6 Å². The lowest BCUT2D eigenvalue weighted by Gasteiger charge is -2.09. The Bertz CT molecular complexity index is 396. The number of halogens is 1. The van der Waals surface area contributed by atoms with Crippen LogP contribution < -0.4 is 16.4 Å². The summed E-state index contributed by atoms with van der Waals surface area (Å²) in [4.78, 5) is 11.6. The van der Waals surface area contributed by atoms with E-state index in [1.54, 1.807) is 18.2 Å². The first-order valence-electron chi connectivity index (χ1n) is 6.23. The lowest BCUT2D eigenvalue weighted by Crippen LogP contribution is -2.29. The van der Waals surface area contributed by atoms with E-state index >= 15 is 0 Å². The molecular formula is C13H20ClN3O. The van der Waals surface area contributed by atoms with Crippen LogP contribution in [0, 0.1) is 0 Å². The maximum absolute atomic E-state index is 11.6. The van der Waals surface area contributed by atoms with Crippen LogP contribution in [0.5, 0.6) is 0 Å². The highest BCUT2D eigenvalue weighted by atomic mass is 35.5. The molecule has 4 nitrogen and oxygen atoms in total. The lowest BCUT2D eigenvalue weighted by atomic mass is 10.2. The van der Waals surface area contributed by atoms with E-state index in [-0.39, 0.29) is 6.03 Å². The Hall–Kier alpha value is -1.42. The molecule has 0 unspecified atom stereocenters. The number of unbranched alkanes of at least 4 members (excludes halogenated alkanes) is 3. The summed E-state index contributed by atoms with van der Waals surface area (Å²) in [6.07, 6.45) is 4.51. The Morgan fingerprint density at radius 3 is 2.83 bits per heavy atom. The summed E-state index contributed by atoms with van der Waals surface area (Å²) >= 11 is 5.83. The van der Waals surface area contributed by atoms with Crippen molar-refractivity contribution in [2.75, 3.05) is 17.6 Å². The van der Waals surface area contributed by atoms with Gasteiger partial charge in [0.1, 0.15) is 0 Å². The number of nitrogen functional groups attached to an aromatic ring is 1. The van der Waals surface area contributed by atoms with Gasteiger partial charge in [-0.15, -0.1) is 0 Å². The van der Waals surface area contributed by atoms with Crippen molar-refractivity contribution < 1.29 is 4.79 Å². The van der Waals surface area contributed by atoms with Gasteiger partial charge >= 0.3 is 6.03 Å². The van der Waals surface area contributed by atoms with Crippen molar-refractivity contribution in [3.63, 3.8) is 0 Å². The van der Waals surface area contributed by atoms with E-state index in [4.69, 9.17) is 17.3 Å². The number of nitrogens with two attached hydrogens (primary N) is 1. The van der Waals surface area contributed by atoms with Gasteiger partial charge in [0.15, 0.2) is 0 Å². The van der Waals surface area contributed by atoms with Crippen LogP contribution in [0.1, 0.15) is 32.6 Å². The first-order chi connectivity index (χ1) is 8.63. The van der Waals surface area contributed by atoms with Crippen molar-refractivity contribution >= 4 is 29.0 Å². The molecule has 1 rings (SSSR count). The highest BCUT2D eigenvalue weighted by Crippen LogP contribution is 2.22. The third-order valence-corrected chi connectivity index (χ3v) is 2.81. The summed E-state index contributed by atoms with van der Waals surface area (Å²) < 4.78 is 0. The third-order valence-electron chi connectivity index (χ3n) is 2.58. The molecule has 1 aromatic carbocycles. The van der Waals surface area contributed by atoms with Gasteiger partial charge in [-0.25, -0.2) is 4.79 Å². The molecule has 0 fully saturated rings. The average Bonchev–Trinajstić information content (AvgIpc) is 2.33. The predicted octanol–water partition coefficient (Wildman–Crippen LogP) is 3.62. The number of carbonyl (C=O) groups excluding carboxylic acids is 1. The number of hydrogen-bond acceptors (Lipinski definition) is 2. The smallest absolute Gasteiger partial charge is 0.319 e. The highest BCUT2D eigenvalue weighted by Gasteiger charge is 2.04. The summed E-state index contributed by atoms with van der Waals surface area (Å²) in [5.41, 5.74) is 6.77. The molecule has 4 N–H and O–H groups in total. The van der Waals surface area contributed by atoms with E-state index < -0.39 is 0 Å². The highest BCUT2D eigenvalue weighted by molar-refractivity contribution is 6.31. The van der Waals surface area contributed by atoms with Gasteiger partial charge in [0.25, 0.3) is 0 Å². The summed E-state index contributed by atoms with van der Waals surface area (Å²) in [5, 5.41) is 6.01. The van der Waals surface area contributed by atoms with Gasteiger partial charge in [-0.05, 0) is 24.6 Å². The molecule has 0 atom stereocenters. The molecule has 0 aliphatic heterocycles. The normalized spacial score (nSPS) is 10.1. The zero-order valence-electron chi connectivity index (χ0n) is 10.6.